The summed E-state index contributed by atoms with van der Waals surface area (Å²) in [5.41, 5.74) is 2.19. The second kappa shape index (κ2) is 6.16. The van der Waals surface area contributed by atoms with Gasteiger partial charge in [-0.15, -0.1) is 0 Å². The highest BCUT2D eigenvalue weighted by Crippen LogP contribution is 2.36. The van der Waals surface area contributed by atoms with Crippen LogP contribution < -0.4 is 5.32 Å². The molecule has 1 atom stereocenters. The Kier molecular flexibility index (Phi) is 4.21. The summed E-state index contributed by atoms with van der Waals surface area (Å²) in [6.07, 6.45) is 1.28. The van der Waals surface area contributed by atoms with Crippen molar-refractivity contribution in [3.05, 3.63) is 51.9 Å². The zero-order chi connectivity index (χ0) is 16.6. The number of hydrogen-bond acceptors (Lipinski definition) is 5. The summed E-state index contributed by atoms with van der Waals surface area (Å²) in [6, 6.07) is 7.42. The van der Waals surface area contributed by atoms with E-state index in [2.05, 4.69) is 31.3 Å². The summed E-state index contributed by atoms with van der Waals surface area (Å²) in [5.74, 6) is 0.254. The molecule has 1 aliphatic heterocycles. The van der Waals surface area contributed by atoms with Crippen LogP contribution >= 0.6 is 15.9 Å². The number of carbonyl (C=O) groups is 1. The van der Waals surface area contributed by atoms with Crippen LogP contribution in [0.4, 0.5) is 5.95 Å². The molecule has 1 unspecified atom stereocenters. The Balaban J connectivity index is 2.13. The highest BCUT2D eigenvalue weighted by Gasteiger charge is 2.34. The predicted molar refractivity (Wildman–Crippen MR) is 89.9 cm³/mol. The van der Waals surface area contributed by atoms with Gasteiger partial charge < -0.3 is 10.1 Å². The SMILES string of the molecule is CC1=C(C(=O)OC(C)C)C(c2cccc(Br)c2)n2ncnc2N1. The zero-order valence-electron chi connectivity index (χ0n) is 13.1. The highest BCUT2D eigenvalue weighted by molar-refractivity contribution is 9.10. The van der Waals surface area contributed by atoms with Crippen LogP contribution in [0.1, 0.15) is 32.4 Å². The van der Waals surface area contributed by atoms with Crippen LogP contribution in [0.3, 0.4) is 0 Å². The van der Waals surface area contributed by atoms with E-state index in [4.69, 9.17) is 4.74 Å². The van der Waals surface area contributed by atoms with Gasteiger partial charge in [-0.3, -0.25) is 0 Å². The van der Waals surface area contributed by atoms with Crippen LogP contribution in [0.15, 0.2) is 46.3 Å². The van der Waals surface area contributed by atoms with Crippen molar-refractivity contribution in [1.29, 1.82) is 0 Å². The molecule has 1 N–H and O–H groups in total. The van der Waals surface area contributed by atoms with Crippen molar-refractivity contribution in [2.45, 2.75) is 32.9 Å². The van der Waals surface area contributed by atoms with E-state index in [1.807, 2.05) is 45.0 Å². The largest absolute Gasteiger partial charge is 0.459 e. The third-order valence-corrected chi connectivity index (χ3v) is 4.01. The van der Waals surface area contributed by atoms with Gasteiger partial charge in [0, 0.05) is 10.2 Å². The highest BCUT2D eigenvalue weighted by atomic mass is 79.9. The lowest BCUT2D eigenvalue weighted by Crippen LogP contribution is -2.30. The summed E-state index contributed by atoms with van der Waals surface area (Å²) in [6.45, 7) is 5.51. The van der Waals surface area contributed by atoms with Gasteiger partial charge in [-0.05, 0) is 38.5 Å². The molecule has 0 aliphatic carbocycles. The van der Waals surface area contributed by atoms with E-state index >= 15 is 0 Å². The maximum atomic E-state index is 12.6. The van der Waals surface area contributed by atoms with E-state index in [-0.39, 0.29) is 18.1 Å². The van der Waals surface area contributed by atoms with Gasteiger partial charge in [0.25, 0.3) is 0 Å². The molecule has 3 rings (SSSR count). The molecule has 120 valence electrons. The fourth-order valence-electron chi connectivity index (χ4n) is 2.62. The van der Waals surface area contributed by atoms with Crippen LogP contribution in [0, 0.1) is 0 Å². The summed E-state index contributed by atoms with van der Waals surface area (Å²) in [5, 5.41) is 7.39. The Morgan fingerprint density at radius 2 is 2.22 bits per heavy atom. The van der Waals surface area contributed by atoms with Gasteiger partial charge >= 0.3 is 5.97 Å². The number of hydrogen-bond donors (Lipinski definition) is 1. The number of rotatable bonds is 3. The normalized spacial score (nSPS) is 17.0. The Bertz CT molecular complexity index is 782. The van der Waals surface area contributed by atoms with Gasteiger partial charge in [-0.25, -0.2) is 9.48 Å². The lowest BCUT2D eigenvalue weighted by atomic mass is 9.96. The van der Waals surface area contributed by atoms with Crippen molar-refractivity contribution in [3.63, 3.8) is 0 Å². The zero-order valence-corrected chi connectivity index (χ0v) is 14.7. The van der Waals surface area contributed by atoms with Crippen LogP contribution in [0.5, 0.6) is 0 Å². The summed E-state index contributed by atoms with van der Waals surface area (Å²) < 4.78 is 8.06. The van der Waals surface area contributed by atoms with Crippen molar-refractivity contribution in [1.82, 2.24) is 14.8 Å². The monoisotopic (exact) mass is 376 g/mol. The van der Waals surface area contributed by atoms with Crippen LogP contribution in [0.2, 0.25) is 0 Å². The van der Waals surface area contributed by atoms with Gasteiger partial charge in [0.2, 0.25) is 5.95 Å². The molecular weight excluding hydrogens is 360 g/mol. The molecule has 2 aromatic rings. The molecule has 0 radical (unpaired) electrons. The van der Waals surface area contributed by atoms with E-state index in [1.165, 1.54) is 6.33 Å². The summed E-state index contributed by atoms with van der Waals surface area (Å²) >= 11 is 3.48. The quantitative estimate of drug-likeness (QED) is 0.832. The minimum atomic E-state index is -0.377. The maximum absolute atomic E-state index is 12.6. The summed E-state index contributed by atoms with van der Waals surface area (Å²) in [4.78, 5) is 16.8. The Morgan fingerprint density at radius 3 is 2.91 bits per heavy atom. The average Bonchev–Trinajstić information content (AvgIpc) is 2.92. The van der Waals surface area contributed by atoms with E-state index in [1.54, 1.807) is 4.68 Å². The van der Waals surface area contributed by atoms with Gasteiger partial charge in [-0.2, -0.15) is 10.1 Å². The Morgan fingerprint density at radius 1 is 1.43 bits per heavy atom. The molecule has 23 heavy (non-hydrogen) atoms. The number of anilines is 1. The van der Waals surface area contributed by atoms with Crippen molar-refractivity contribution < 1.29 is 9.53 Å². The van der Waals surface area contributed by atoms with Crippen LogP contribution in [-0.4, -0.2) is 26.8 Å². The number of aromatic nitrogens is 3. The molecule has 0 bridgehead atoms. The number of nitrogens with one attached hydrogen (secondary N) is 1. The van der Waals surface area contributed by atoms with Gasteiger partial charge in [0.15, 0.2) is 0 Å². The Labute approximate surface area is 142 Å². The van der Waals surface area contributed by atoms with Crippen molar-refractivity contribution in [2.24, 2.45) is 0 Å². The molecule has 7 heteroatoms. The molecule has 0 saturated carbocycles. The first-order valence-corrected chi connectivity index (χ1v) is 8.10. The minimum Gasteiger partial charge on any atom is -0.459 e. The first-order valence-electron chi connectivity index (χ1n) is 7.31. The fourth-order valence-corrected chi connectivity index (χ4v) is 3.03. The molecule has 0 amide bonds. The van der Waals surface area contributed by atoms with Crippen molar-refractivity contribution >= 4 is 27.8 Å². The topological polar surface area (TPSA) is 69.0 Å². The molecule has 0 fully saturated rings. The third-order valence-electron chi connectivity index (χ3n) is 3.52. The number of carbonyl (C=O) groups excluding carboxylic acids is 1. The van der Waals surface area contributed by atoms with Gasteiger partial charge in [0.1, 0.15) is 12.4 Å². The lowest BCUT2D eigenvalue weighted by Gasteiger charge is -2.28. The first kappa shape index (κ1) is 15.7. The van der Waals surface area contributed by atoms with Crippen molar-refractivity contribution in [3.8, 4) is 0 Å². The standard InChI is InChI=1S/C16H17BrN4O2/c1-9(2)23-15(22)13-10(3)20-16-18-8-19-21(16)14(13)11-5-4-6-12(17)7-11/h4-9,14H,1-3H3,(H,18,19,20). The number of fused-ring (bicyclic) bond motifs is 1. The van der Waals surface area contributed by atoms with E-state index in [0.29, 0.717) is 11.5 Å². The number of allylic oxidation sites excluding steroid dienone is 1. The predicted octanol–water partition coefficient (Wildman–Crippen LogP) is 3.28. The molecular formula is C16H17BrN4O2. The number of nitrogens with zero attached hydrogens (tertiary/aromatic N) is 3. The molecule has 1 aromatic carbocycles. The van der Waals surface area contributed by atoms with Crippen LogP contribution in [-0.2, 0) is 9.53 Å². The Hall–Kier alpha value is -2.15. The molecule has 2 heterocycles. The second-order valence-electron chi connectivity index (χ2n) is 5.60. The number of halogens is 1. The van der Waals surface area contributed by atoms with E-state index < -0.39 is 0 Å². The molecule has 0 spiro atoms. The van der Waals surface area contributed by atoms with Gasteiger partial charge in [-0.1, -0.05) is 28.1 Å². The van der Waals surface area contributed by atoms with E-state index in [0.717, 1.165) is 15.7 Å². The number of benzene rings is 1. The lowest BCUT2D eigenvalue weighted by molar-refractivity contribution is -0.143. The van der Waals surface area contributed by atoms with Crippen LogP contribution in [0.25, 0.3) is 0 Å². The first-order chi connectivity index (χ1) is 11.0. The average molecular weight is 377 g/mol. The van der Waals surface area contributed by atoms with E-state index in [9.17, 15) is 4.79 Å². The second-order valence-corrected chi connectivity index (χ2v) is 6.52. The fraction of sp³-hybridized carbons (Fsp3) is 0.312. The minimum absolute atomic E-state index is 0.192. The smallest absolute Gasteiger partial charge is 0.338 e. The van der Waals surface area contributed by atoms with Crippen molar-refractivity contribution in [2.75, 3.05) is 5.32 Å². The number of ether oxygens (including phenoxy) is 1. The third kappa shape index (κ3) is 3.01. The molecule has 1 aliphatic rings. The molecule has 0 saturated heterocycles. The van der Waals surface area contributed by atoms with Gasteiger partial charge in [0.05, 0.1) is 11.7 Å². The summed E-state index contributed by atoms with van der Waals surface area (Å²) in [7, 11) is 0. The molecule has 1 aromatic heterocycles. The number of esters is 1. The maximum Gasteiger partial charge on any atom is 0.338 e. The molecule has 6 nitrogen and oxygen atoms in total.